The molecule has 1 unspecified atom stereocenters. The first kappa shape index (κ1) is 50.1. The first-order chi connectivity index (χ1) is 35.3. The molecule has 72 heavy (non-hydrogen) atoms. The van der Waals surface area contributed by atoms with Gasteiger partial charge in [-0.1, -0.05) is 127 Å². The third-order valence-corrected chi connectivity index (χ3v) is 17.7. The van der Waals surface area contributed by atoms with E-state index in [1.54, 1.807) is 16.7 Å². The van der Waals surface area contributed by atoms with Gasteiger partial charge in [-0.3, -0.25) is 14.7 Å². The first-order valence-corrected chi connectivity index (χ1v) is 27.7. The minimum Gasteiger partial charge on any atom is -0.496 e. The Labute approximate surface area is 432 Å². The van der Waals surface area contributed by atoms with Crippen molar-refractivity contribution in [2.75, 3.05) is 41.0 Å². The zero-order chi connectivity index (χ0) is 49.6. The van der Waals surface area contributed by atoms with E-state index in [4.69, 9.17) is 14.2 Å². The summed E-state index contributed by atoms with van der Waals surface area (Å²) in [6.07, 6.45) is 15.0. The predicted octanol–water partition coefficient (Wildman–Crippen LogP) is 14.1. The average molecular weight is 964 g/mol. The average Bonchev–Trinajstić information content (AvgIpc) is 3.42. The Morgan fingerprint density at radius 2 is 0.639 bits per heavy atom. The molecule has 6 aliphatic rings. The van der Waals surface area contributed by atoms with Crippen LogP contribution in [0.25, 0.3) is 0 Å². The highest BCUT2D eigenvalue weighted by atomic mass is 16.5. The van der Waals surface area contributed by atoms with Crippen molar-refractivity contribution in [1.29, 1.82) is 0 Å². The number of methoxy groups -OCH3 is 3. The zero-order valence-corrected chi connectivity index (χ0v) is 44.4. The summed E-state index contributed by atoms with van der Waals surface area (Å²) in [4.78, 5) is 8.16. The lowest BCUT2D eigenvalue weighted by Crippen LogP contribution is -2.45. The third-order valence-electron chi connectivity index (χ3n) is 17.7. The van der Waals surface area contributed by atoms with Gasteiger partial charge in [0.15, 0.2) is 0 Å². The van der Waals surface area contributed by atoms with E-state index in [2.05, 4.69) is 163 Å². The Morgan fingerprint density at radius 1 is 0.361 bits per heavy atom. The van der Waals surface area contributed by atoms with Gasteiger partial charge in [0.05, 0.1) is 21.3 Å². The molecule has 6 aromatic carbocycles. The summed E-state index contributed by atoms with van der Waals surface area (Å²) in [5.74, 6) is 5.39. The fraction of sp³-hybridized carbons (Fsp3) is 0.455. The Kier molecular flexibility index (Phi) is 16.2. The van der Waals surface area contributed by atoms with Gasteiger partial charge in [0, 0.05) is 37.8 Å². The van der Waals surface area contributed by atoms with Gasteiger partial charge in [0.25, 0.3) is 0 Å². The molecule has 6 aromatic rings. The highest BCUT2D eigenvalue weighted by molar-refractivity contribution is 5.52. The summed E-state index contributed by atoms with van der Waals surface area (Å²) >= 11 is 0. The lowest BCUT2D eigenvalue weighted by atomic mass is 9.73. The molecule has 6 nitrogen and oxygen atoms in total. The smallest absolute Gasteiger partial charge is 0.125 e. The van der Waals surface area contributed by atoms with Crippen molar-refractivity contribution in [2.45, 2.75) is 153 Å². The highest BCUT2D eigenvalue weighted by Gasteiger charge is 2.40. The van der Waals surface area contributed by atoms with Gasteiger partial charge < -0.3 is 14.2 Å². The molecule has 3 aliphatic carbocycles. The van der Waals surface area contributed by atoms with Crippen LogP contribution in [0.1, 0.15) is 142 Å². The molecular formula is C66H81N3O3. The number of hydrogen-bond donors (Lipinski definition) is 0. The second-order valence-electron chi connectivity index (χ2n) is 21.9. The van der Waals surface area contributed by atoms with Gasteiger partial charge >= 0.3 is 0 Å². The second-order valence-corrected chi connectivity index (χ2v) is 21.9. The molecule has 0 bridgehead atoms. The lowest BCUT2D eigenvalue weighted by molar-refractivity contribution is 0.104. The number of hydrogen-bond acceptors (Lipinski definition) is 6. The van der Waals surface area contributed by atoms with Crippen molar-refractivity contribution in [3.8, 4) is 17.2 Å². The van der Waals surface area contributed by atoms with E-state index in [1.165, 1.54) is 127 Å². The number of benzene rings is 6. The summed E-state index contributed by atoms with van der Waals surface area (Å²) in [6.45, 7) is 13.4. The largest absolute Gasteiger partial charge is 0.496 e. The topological polar surface area (TPSA) is 37.4 Å². The lowest BCUT2D eigenvalue weighted by Gasteiger charge is -2.45. The Balaban J connectivity index is 0.000000124. The number of likely N-dealkylation sites (tertiary alicyclic amines) is 3. The summed E-state index contributed by atoms with van der Waals surface area (Å²) in [5, 5.41) is 0. The standard InChI is InChI=1S/3C22H27NO/c3*1-16-10-11-18-19-9-6-14-23(15-17-7-4-3-5-8-17)21(19)13-12-20(18)22(16)24-2/h3*3-5,7-8,10-11,19,21H,6,9,12-15H2,1-2H3/t19?,21-;2*19-,21-/m010/s1. The summed E-state index contributed by atoms with van der Waals surface area (Å²) < 4.78 is 17.2. The normalized spacial score (nSPS) is 23.4. The molecule has 0 aromatic heterocycles. The molecule has 0 saturated carbocycles. The quantitative estimate of drug-likeness (QED) is 0.144. The molecule has 0 N–H and O–H groups in total. The van der Waals surface area contributed by atoms with Crippen LogP contribution in [0.5, 0.6) is 17.2 Å². The van der Waals surface area contributed by atoms with Crippen molar-refractivity contribution in [1.82, 2.24) is 14.7 Å². The van der Waals surface area contributed by atoms with Crippen molar-refractivity contribution in [3.05, 3.63) is 194 Å². The van der Waals surface area contributed by atoms with Crippen LogP contribution in [0.3, 0.4) is 0 Å². The first-order valence-electron chi connectivity index (χ1n) is 27.7. The Hall–Kier alpha value is -5.40. The van der Waals surface area contributed by atoms with E-state index >= 15 is 0 Å². The van der Waals surface area contributed by atoms with Crippen LogP contribution in [0.4, 0.5) is 0 Å². The summed E-state index contributed by atoms with van der Waals surface area (Å²) in [6, 6.07) is 48.7. The minimum atomic E-state index is 0.667. The predicted molar refractivity (Wildman–Crippen MR) is 296 cm³/mol. The molecule has 6 heteroatoms. The SMILES string of the molecule is COc1c(C)ccc2c1CC[C@@H]1[C@@H]2CCCN1Cc1ccccc1.COc1c(C)ccc2c1CC[C@H]1C2CCCN1Cc1ccccc1.COc1c(C)ccc2c1CC[C@H]1[C@H]2CCCN1Cc1ccccc1. The van der Waals surface area contributed by atoms with Crippen LogP contribution in [-0.2, 0) is 38.9 Å². The molecule has 0 radical (unpaired) electrons. The van der Waals surface area contributed by atoms with E-state index in [-0.39, 0.29) is 0 Å². The van der Waals surface area contributed by atoms with Crippen LogP contribution >= 0.6 is 0 Å². The van der Waals surface area contributed by atoms with Gasteiger partial charge in [-0.05, 0) is 202 Å². The number of nitrogens with zero attached hydrogens (tertiary/aromatic N) is 3. The van der Waals surface area contributed by atoms with Gasteiger partial charge in [0.1, 0.15) is 17.2 Å². The van der Waals surface area contributed by atoms with Gasteiger partial charge in [-0.15, -0.1) is 0 Å². The maximum Gasteiger partial charge on any atom is 0.125 e. The number of aryl methyl sites for hydroxylation is 3. The maximum atomic E-state index is 5.73. The van der Waals surface area contributed by atoms with Gasteiger partial charge in [-0.2, -0.15) is 0 Å². The molecule has 378 valence electrons. The van der Waals surface area contributed by atoms with Crippen molar-refractivity contribution in [2.24, 2.45) is 0 Å². The molecule has 3 saturated heterocycles. The number of rotatable bonds is 9. The van der Waals surface area contributed by atoms with Crippen molar-refractivity contribution >= 4 is 0 Å². The molecule has 3 aliphatic heterocycles. The number of fused-ring (bicyclic) bond motifs is 9. The Morgan fingerprint density at radius 3 is 0.903 bits per heavy atom. The van der Waals surface area contributed by atoms with E-state index in [0.717, 1.165) is 56.1 Å². The Bertz CT molecular complexity index is 2430. The van der Waals surface area contributed by atoms with Gasteiger partial charge in [0.2, 0.25) is 0 Å². The molecule has 0 amide bonds. The molecule has 3 fully saturated rings. The number of ether oxygens (including phenoxy) is 3. The van der Waals surface area contributed by atoms with Crippen LogP contribution in [-0.4, -0.2) is 73.8 Å². The zero-order valence-electron chi connectivity index (χ0n) is 44.4. The molecule has 0 spiro atoms. The van der Waals surface area contributed by atoms with Gasteiger partial charge in [-0.25, -0.2) is 0 Å². The summed E-state index contributed by atoms with van der Waals surface area (Å²) in [5.41, 5.74) is 17.2. The van der Waals surface area contributed by atoms with Crippen LogP contribution in [0.2, 0.25) is 0 Å². The molecule has 6 atom stereocenters. The van der Waals surface area contributed by atoms with Crippen LogP contribution < -0.4 is 14.2 Å². The summed E-state index contributed by atoms with van der Waals surface area (Å²) in [7, 11) is 5.45. The van der Waals surface area contributed by atoms with Crippen LogP contribution in [0.15, 0.2) is 127 Å². The third kappa shape index (κ3) is 10.7. The fourth-order valence-electron chi connectivity index (χ4n) is 14.5. The van der Waals surface area contributed by atoms with E-state index in [0.29, 0.717) is 35.9 Å². The molecule has 3 heterocycles. The highest BCUT2D eigenvalue weighted by Crippen LogP contribution is 2.48. The van der Waals surface area contributed by atoms with Crippen molar-refractivity contribution < 1.29 is 14.2 Å². The second kappa shape index (κ2) is 23.2. The van der Waals surface area contributed by atoms with E-state index in [1.807, 2.05) is 21.3 Å². The molecule has 12 rings (SSSR count). The molecular weight excluding hydrogens is 883 g/mol. The number of piperidine rings is 3. The maximum absolute atomic E-state index is 5.73. The monoisotopic (exact) mass is 964 g/mol. The van der Waals surface area contributed by atoms with E-state index < -0.39 is 0 Å². The minimum absolute atomic E-state index is 0.667. The van der Waals surface area contributed by atoms with Crippen molar-refractivity contribution in [3.63, 3.8) is 0 Å². The fourth-order valence-corrected chi connectivity index (χ4v) is 14.5. The van der Waals surface area contributed by atoms with E-state index in [9.17, 15) is 0 Å². The van der Waals surface area contributed by atoms with Crippen LogP contribution in [0, 0.1) is 20.8 Å².